The maximum absolute atomic E-state index is 10.4. The molecule has 1 aromatic carbocycles. The summed E-state index contributed by atoms with van der Waals surface area (Å²) in [5.41, 5.74) is 4.52. The normalized spacial score (nSPS) is 21.4. The largest absolute Gasteiger partial charge is 0.392 e. The number of hydrogen-bond donors (Lipinski definition) is 2. The van der Waals surface area contributed by atoms with Gasteiger partial charge in [-0.05, 0) is 56.5 Å². The van der Waals surface area contributed by atoms with Crippen molar-refractivity contribution in [1.82, 2.24) is 14.5 Å². The van der Waals surface area contributed by atoms with Crippen molar-refractivity contribution in [2.24, 2.45) is 0 Å². The molecule has 1 fully saturated rings. The lowest BCUT2D eigenvalue weighted by Gasteiger charge is -2.31. The van der Waals surface area contributed by atoms with Crippen LogP contribution in [0.5, 0.6) is 0 Å². The molecule has 1 saturated heterocycles. The number of benzene rings is 1. The molecule has 1 aliphatic rings. The number of hydrogen-bond acceptors (Lipinski definition) is 4. The van der Waals surface area contributed by atoms with E-state index in [1.54, 1.807) is 6.33 Å². The summed E-state index contributed by atoms with van der Waals surface area (Å²) in [7, 11) is 0. The number of rotatable bonds is 4. The summed E-state index contributed by atoms with van der Waals surface area (Å²) < 4.78 is 2.02. The second-order valence-electron chi connectivity index (χ2n) is 6.53. The van der Waals surface area contributed by atoms with E-state index in [1.165, 1.54) is 11.1 Å². The molecule has 5 heteroatoms. The third kappa shape index (κ3) is 3.32. The molecule has 2 heterocycles. The van der Waals surface area contributed by atoms with E-state index in [-0.39, 0.29) is 6.10 Å². The molecular weight excluding hydrogens is 278 g/mol. The van der Waals surface area contributed by atoms with Gasteiger partial charge in [-0.1, -0.05) is 0 Å². The minimum atomic E-state index is -0.454. The van der Waals surface area contributed by atoms with Gasteiger partial charge in [-0.15, -0.1) is 0 Å². The Labute approximate surface area is 131 Å². The van der Waals surface area contributed by atoms with Crippen LogP contribution in [0.1, 0.15) is 24.0 Å². The van der Waals surface area contributed by atoms with Crippen LogP contribution in [0.25, 0.3) is 11.0 Å². The number of aromatic nitrogens is 2. The van der Waals surface area contributed by atoms with Gasteiger partial charge in [-0.3, -0.25) is 4.90 Å². The topological polar surface area (TPSA) is 61.5 Å². The van der Waals surface area contributed by atoms with Crippen molar-refractivity contribution in [3.05, 3.63) is 29.6 Å². The van der Waals surface area contributed by atoms with E-state index in [9.17, 15) is 10.2 Å². The first-order chi connectivity index (χ1) is 10.5. The van der Waals surface area contributed by atoms with Crippen LogP contribution in [0.4, 0.5) is 0 Å². The Bertz CT molecular complexity index is 653. The Morgan fingerprint density at radius 2 is 2.05 bits per heavy atom. The zero-order chi connectivity index (χ0) is 15.7. The highest BCUT2D eigenvalue weighted by molar-refractivity contribution is 5.77. The van der Waals surface area contributed by atoms with Gasteiger partial charge < -0.3 is 14.8 Å². The molecule has 2 N–H and O–H groups in total. The van der Waals surface area contributed by atoms with Crippen molar-refractivity contribution in [2.75, 3.05) is 19.6 Å². The predicted octanol–water partition coefficient (Wildman–Crippen LogP) is 1.47. The summed E-state index contributed by atoms with van der Waals surface area (Å²) >= 11 is 0. The average Bonchev–Trinajstić information content (AvgIpc) is 2.81. The zero-order valence-electron chi connectivity index (χ0n) is 13.4. The van der Waals surface area contributed by atoms with Crippen molar-refractivity contribution in [1.29, 1.82) is 0 Å². The van der Waals surface area contributed by atoms with E-state index in [0.29, 0.717) is 19.6 Å². The summed E-state index contributed by atoms with van der Waals surface area (Å²) in [6, 6.07) is 4.23. The van der Waals surface area contributed by atoms with Crippen LogP contribution in [0.2, 0.25) is 0 Å². The van der Waals surface area contributed by atoms with E-state index >= 15 is 0 Å². The second-order valence-corrected chi connectivity index (χ2v) is 6.53. The van der Waals surface area contributed by atoms with Gasteiger partial charge >= 0.3 is 0 Å². The minimum Gasteiger partial charge on any atom is -0.392 e. The first kappa shape index (κ1) is 15.5. The Hall–Kier alpha value is -1.43. The smallest absolute Gasteiger partial charge is 0.0959 e. The van der Waals surface area contributed by atoms with Crippen LogP contribution in [-0.2, 0) is 6.54 Å². The summed E-state index contributed by atoms with van der Waals surface area (Å²) in [5.74, 6) is 0. The number of fused-ring (bicyclic) bond motifs is 1. The zero-order valence-corrected chi connectivity index (χ0v) is 13.4. The maximum Gasteiger partial charge on any atom is 0.0959 e. The Kier molecular flexibility index (Phi) is 4.47. The van der Waals surface area contributed by atoms with Crippen molar-refractivity contribution < 1.29 is 10.2 Å². The third-order valence-electron chi connectivity index (χ3n) is 4.59. The Morgan fingerprint density at radius 3 is 2.82 bits per heavy atom. The number of likely N-dealkylation sites (tertiary alicyclic amines) is 1. The molecule has 120 valence electrons. The summed E-state index contributed by atoms with van der Waals surface area (Å²) in [5, 5.41) is 20.1. The fourth-order valence-electron chi connectivity index (χ4n) is 3.24. The van der Waals surface area contributed by atoms with Gasteiger partial charge in [-0.25, -0.2) is 4.98 Å². The SMILES string of the molecule is Cc1cc2ncn(CC(O)CN3CCCC(O)C3)c2cc1C. The Balaban J connectivity index is 1.68. The van der Waals surface area contributed by atoms with Gasteiger partial charge in [0.2, 0.25) is 0 Å². The van der Waals surface area contributed by atoms with Crippen LogP contribution >= 0.6 is 0 Å². The lowest BCUT2D eigenvalue weighted by Crippen LogP contribution is -2.43. The van der Waals surface area contributed by atoms with Crippen molar-refractivity contribution in [3.63, 3.8) is 0 Å². The van der Waals surface area contributed by atoms with Gasteiger partial charge in [0.05, 0.1) is 36.1 Å². The average molecular weight is 303 g/mol. The second kappa shape index (κ2) is 6.36. The number of aliphatic hydroxyl groups excluding tert-OH is 2. The van der Waals surface area contributed by atoms with Gasteiger partial charge in [0.25, 0.3) is 0 Å². The van der Waals surface area contributed by atoms with Crippen molar-refractivity contribution >= 4 is 11.0 Å². The van der Waals surface area contributed by atoms with E-state index in [4.69, 9.17) is 0 Å². The number of β-amino-alcohol motifs (C(OH)–C–C–N with tert-alkyl or cyclic N) is 2. The molecule has 1 aromatic heterocycles. The lowest BCUT2D eigenvalue weighted by atomic mass is 10.1. The number of nitrogens with zero attached hydrogens (tertiary/aromatic N) is 3. The number of piperidine rings is 1. The molecule has 3 rings (SSSR count). The van der Waals surface area contributed by atoms with Gasteiger partial charge in [0, 0.05) is 13.1 Å². The highest BCUT2D eigenvalue weighted by atomic mass is 16.3. The molecule has 0 radical (unpaired) electrons. The highest BCUT2D eigenvalue weighted by Crippen LogP contribution is 2.19. The molecule has 1 aliphatic heterocycles. The van der Waals surface area contributed by atoms with Crippen molar-refractivity contribution in [2.45, 2.75) is 45.4 Å². The number of aryl methyl sites for hydroxylation is 2. The predicted molar refractivity (Wildman–Crippen MR) is 86.9 cm³/mol. The van der Waals surface area contributed by atoms with Crippen LogP contribution < -0.4 is 0 Å². The molecule has 0 amide bonds. The molecular formula is C17H25N3O2. The molecule has 5 nitrogen and oxygen atoms in total. The van der Waals surface area contributed by atoms with Gasteiger partial charge in [0.1, 0.15) is 0 Å². The third-order valence-corrected chi connectivity index (χ3v) is 4.59. The van der Waals surface area contributed by atoms with E-state index in [2.05, 4.69) is 35.9 Å². The summed E-state index contributed by atoms with van der Waals surface area (Å²) in [4.78, 5) is 6.58. The summed E-state index contributed by atoms with van der Waals surface area (Å²) in [6.45, 7) is 6.94. The lowest BCUT2D eigenvalue weighted by molar-refractivity contribution is 0.0352. The first-order valence-corrected chi connectivity index (χ1v) is 8.03. The molecule has 0 saturated carbocycles. The standard InChI is InChI=1S/C17H25N3O2/c1-12-6-16-17(7-13(12)2)20(11-18-16)10-15(22)9-19-5-3-4-14(21)8-19/h6-7,11,14-15,21-22H,3-5,8-10H2,1-2H3. The van der Waals surface area contributed by atoms with E-state index < -0.39 is 6.10 Å². The van der Waals surface area contributed by atoms with E-state index in [1.807, 2.05) is 4.57 Å². The van der Waals surface area contributed by atoms with Crippen molar-refractivity contribution in [3.8, 4) is 0 Å². The maximum atomic E-state index is 10.4. The van der Waals surface area contributed by atoms with Gasteiger partial charge in [0.15, 0.2) is 0 Å². The molecule has 2 unspecified atom stereocenters. The quantitative estimate of drug-likeness (QED) is 0.898. The fourth-order valence-corrected chi connectivity index (χ4v) is 3.24. The van der Waals surface area contributed by atoms with E-state index in [0.717, 1.165) is 30.4 Å². The minimum absolute atomic E-state index is 0.249. The molecule has 0 bridgehead atoms. The fraction of sp³-hybridized carbons (Fsp3) is 0.588. The van der Waals surface area contributed by atoms with Crippen LogP contribution in [0.3, 0.4) is 0 Å². The molecule has 2 aromatic rings. The van der Waals surface area contributed by atoms with Crippen LogP contribution in [0, 0.1) is 13.8 Å². The first-order valence-electron chi connectivity index (χ1n) is 8.03. The Morgan fingerprint density at radius 1 is 1.27 bits per heavy atom. The molecule has 0 aliphatic carbocycles. The number of aliphatic hydroxyl groups is 2. The highest BCUT2D eigenvalue weighted by Gasteiger charge is 2.20. The molecule has 22 heavy (non-hydrogen) atoms. The number of imidazole rings is 1. The monoisotopic (exact) mass is 303 g/mol. The van der Waals surface area contributed by atoms with Crippen LogP contribution in [0.15, 0.2) is 18.5 Å². The van der Waals surface area contributed by atoms with Crippen LogP contribution in [-0.4, -0.2) is 56.5 Å². The molecule has 0 spiro atoms. The summed E-state index contributed by atoms with van der Waals surface area (Å²) in [6.07, 6.45) is 2.97. The van der Waals surface area contributed by atoms with Gasteiger partial charge in [-0.2, -0.15) is 0 Å². The molecule has 2 atom stereocenters.